The fourth-order valence-corrected chi connectivity index (χ4v) is 5.84. The lowest BCUT2D eigenvalue weighted by molar-refractivity contribution is -0.113. The molecule has 34 heavy (non-hydrogen) atoms. The van der Waals surface area contributed by atoms with Crippen molar-refractivity contribution >= 4 is 34.0 Å². The standard InChI is InChI=1S/C23H23F2N5O2S2/c1-13(32-18-9-8-14(24)10-17(18)25)21-28-29-23(30(21)2)33-12-20(31)27-22-16(11-26)15-6-4-3-5-7-19(15)34-22/h8-10,13H,3-7,12H2,1-2H3,(H,27,31). The number of nitriles is 1. The monoisotopic (exact) mass is 503 g/mol. The quantitative estimate of drug-likeness (QED) is 0.353. The summed E-state index contributed by atoms with van der Waals surface area (Å²) in [5.74, 6) is -1.30. The fourth-order valence-electron chi connectivity index (χ4n) is 3.86. The van der Waals surface area contributed by atoms with Crippen molar-refractivity contribution in [1.82, 2.24) is 14.8 Å². The molecule has 7 nitrogen and oxygen atoms in total. The van der Waals surface area contributed by atoms with E-state index in [0.29, 0.717) is 21.5 Å². The van der Waals surface area contributed by atoms with Gasteiger partial charge in [0, 0.05) is 18.0 Å². The van der Waals surface area contributed by atoms with Crippen LogP contribution in [0.3, 0.4) is 0 Å². The Morgan fingerprint density at radius 1 is 1.32 bits per heavy atom. The Hall–Kier alpha value is -2.97. The molecule has 0 spiro atoms. The molecule has 1 unspecified atom stereocenters. The van der Waals surface area contributed by atoms with Crippen molar-refractivity contribution < 1.29 is 18.3 Å². The summed E-state index contributed by atoms with van der Waals surface area (Å²) >= 11 is 2.69. The van der Waals surface area contributed by atoms with Crippen molar-refractivity contribution in [2.45, 2.75) is 50.3 Å². The molecule has 0 bridgehead atoms. The number of carbonyl (C=O) groups excluding carboxylic acids is 1. The first kappa shape index (κ1) is 24.2. The van der Waals surface area contributed by atoms with Crippen LogP contribution < -0.4 is 10.1 Å². The number of hydrogen-bond acceptors (Lipinski definition) is 7. The first-order chi connectivity index (χ1) is 16.4. The van der Waals surface area contributed by atoms with Crippen molar-refractivity contribution in [3.63, 3.8) is 0 Å². The van der Waals surface area contributed by atoms with Crippen LogP contribution in [0.1, 0.15) is 54.1 Å². The molecule has 11 heteroatoms. The van der Waals surface area contributed by atoms with E-state index < -0.39 is 17.7 Å². The summed E-state index contributed by atoms with van der Waals surface area (Å²) in [5.41, 5.74) is 1.66. The highest BCUT2D eigenvalue weighted by molar-refractivity contribution is 7.99. The van der Waals surface area contributed by atoms with Crippen LogP contribution in [0.15, 0.2) is 23.4 Å². The predicted molar refractivity (Wildman–Crippen MR) is 126 cm³/mol. The van der Waals surface area contributed by atoms with E-state index in [0.717, 1.165) is 49.8 Å². The number of aryl methyl sites for hydroxylation is 1. The Balaban J connectivity index is 1.38. The van der Waals surface area contributed by atoms with E-state index in [1.54, 1.807) is 18.5 Å². The fraction of sp³-hybridized carbons (Fsp3) is 0.391. The molecule has 0 fully saturated rings. The lowest BCUT2D eigenvalue weighted by Gasteiger charge is -2.14. The molecule has 0 saturated carbocycles. The average molecular weight is 504 g/mol. The number of amides is 1. The van der Waals surface area contributed by atoms with E-state index in [1.807, 2.05) is 0 Å². The minimum Gasteiger partial charge on any atom is -0.480 e. The molecule has 1 aliphatic rings. The van der Waals surface area contributed by atoms with E-state index in [4.69, 9.17) is 4.74 Å². The maximum atomic E-state index is 13.9. The number of nitrogens with zero attached hydrogens (tertiary/aromatic N) is 4. The lowest BCUT2D eigenvalue weighted by atomic mass is 10.1. The van der Waals surface area contributed by atoms with Crippen molar-refractivity contribution in [2.75, 3.05) is 11.1 Å². The zero-order valence-electron chi connectivity index (χ0n) is 18.7. The maximum absolute atomic E-state index is 13.9. The van der Waals surface area contributed by atoms with Crippen LogP contribution in [0.5, 0.6) is 5.75 Å². The normalized spacial score (nSPS) is 14.1. The number of thiophene rings is 1. The van der Waals surface area contributed by atoms with E-state index in [2.05, 4.69) is 21.6 Å². The molecule has 178 valence electrons. The van der Waals surface area contributed by atoms with Crippen LogP contribution in [0.4, 0.5) is 13.8 Å². The van der Waals surface area contributed by atoms with Gasteiger partial charge in [0.1, 0.15) is 16.9 Å². The van der Waals surface area contributed by atoms with Crippen molar-refractivity contribution in [2.24, 2.45) is 7.05 Å². The zero-order chi connectivity index (χ0) is 24.2. The van der Waals surface area contributed by atoms with Crippen LogP contribution >= 0.6 is 23.1 Å². The predicted octanol–water partition coefficient (Wildman–Crippen LogP) is 5.17. The van der Waals surface area contributed by atoms with Crippen LogP contribution in [-0.4, -0.2) is 26.4 Å². The number of thioether (sulfide) groups is 1. The molecule has 1 aromatic carbocycles. The first-order valence-electron chi connectivity index (χ1n) is 10.9. The molecule has 1 N–H and O–H groups in total. The van der Waals surface area contributed by atoms with E-state index >= 15 is 0 Å². The van der Waals surface area contributed by atoms with E-state index in [9.17, 15) is 18.8 Å². The number of fused-ring (bicyclic) bond motifs is 1. The number of ether oxygens (including phenoxy) is 1. The molecule has 0 saturated heterocycles. The van der Waals surface area contributed by atoms with Crippen LogP contribution in [0, 0.1) is 23.0 Å². The highest BCUT2D eigenvalue weighted by atomic mass is 32.2. The maximum Gasteiger partial charge on any atom is 0.235 e. The summed E-state index contributed by atoms with van der Waals surface area (Å²) in [5, 5.41) is 21.8. The molecule has 1 aliphatic carbocycles. The van der Waals surface area contributed by atoms with Gasteiger partial charge < -0.3 is 14.6 Å². The molecule has 0 radical (unpaired) electrons. The Labute approximate surface area is 204 Å². The van der Waals surface area contributed by atoms with Gasteiger partial charge in [-0.15, -0.1) is 21.5 Å². The summed E-state index contributed by atoms with van der Waals surface area (Å²) in [6, 6.07) is 5.35. The molecular formula is C23H23F2N5O2S2. The third-order valence-corrected chi connectivity index (χ3v) is 7.78. The van der Waals surface area contributed by atoms with Crippen molar-refractivity contribution in [3.8, 4) is 11.8 Å². The van der Waals surface area contributed by atoms with Gasteiger partial charge in [-0.3, -0.25) is 4.79 Å². The lowest BCUT2D eigenvalue weighted by Crippen LogP contribution is -2.15. The number of hydrogen-bond donors (Lipinski definition) is 1. The van der Waals surface area contributed by atoms with Gasteiger partial charge in [-0.2, -0.15) is 5.26 Å². The Bertz CT molecular complexity index is 1250. The summed E-state index contributed by atoms with van der Waals surface area (Å²) in [4.78, 5) is 13.8. The summed E-state index contributed by atoms with van der Waals surface area (Å²) in [7, 11) is 1.72. The minimum atomic E-state index is -0.803. The molecule has 2 aromatic heterocycles. The number of anilines is 1. The number of carbonyl (C=O) groups is 1. The first-order valence-corrected chi connectivity index (χ1v) is 12.7. The largest absolute Gasteiger partial charge is 0.480 e. The molecule has 3 aromatic rings. The number of rotatable bonds is 7. The molecule has 1 atom stereocenters. The van der Waals surface area contributed by atoms with Crippen molar-refractivity contribution in [3.05, 3.63) is 51.7 Å². The number of halogens is 2. The van der Waals surface area contributed by atoms with Gasteiger partial charge in [0.25, 0.3) is 0 Å². The Kier molecular flexibility index (Phi) is 7.48. The number of aromatic nitrogens is 3. The Morgan fingerprint density at radius 2 is 2.12 bits per heavy atom. The third-order valence-electron chi connectivity index (χ3n) is 5.55. The molecular weight excluding hydrogens is 480 g/mol. The second-order valence-electron chi connectivity index (χ2n) is 7.95. The van der Waals surface area contributed by atoms with Crippen molar-refractivity contribution in [1.29, 1.82) is 5.26 Å². The topological polar surface area (TPSA) is 92.8 Å². The summed E-state index contributed by atoms with van der Waals surface area (Å²) in [6.07, 6.45) is 4.50. The van der Waals surface area contributed by atoms with Gasteiger partial charge in [0.15, 0.2) is 28.7 Å². The average Bonchev–Trinajstić information content (AvgIpc) is 3.24. The molecule has 0 aliphatic heterocycles. The van der Waals surface area contributed by atoms with Crippen LogP contribution in [0.2, 0.25) is 0 Å². The highest BCUT2D eigenvalue weighted by Crippen LogP contribution is 2.37. The van der Waals surface area contributed by atoms with Gasteiger partial charge >= 0.3 is 0 Å². The molecule has 2 heterocycles. The zero-order valence-corrected chi connectivity index (χ0v) is 20.4. The summed E-state index contributed by atoms with van der Waals surface area (Å²) in [6.45, 7) is 1.68. The Morgan fingerprint density at radius 3 is 2.88 bits per heavy atom. The van der Waals surface area contributed by atoms with Gasteiger partial charge in [-0.05, 0) is 50.3 Å². The second-order valence-corrected chi connectivity index (χ2v) is 10.00. The van der Waals surface area contributed by atoms with Crippen LogP contribution in [0.25, 0.3) is 0 Å². The van der Waals surface area contributed by atoms with Gasteiger partial charge in [0.05, 0.1) is 11.3 Å². The third kappa shape index (κ3) is 5.23. The second kappa shape index (κ2) is 10.5. The SMILES string of the molecule is CC(Oc1ccc(F)cc1F)c1nnc(SCC(=O)Nc2sc3c(c2C#N)CCCCC3)n1C. The van der Waals surface area contributed by atoms with E-state index in [1.165, 1.54) is 34.0 Å². The smallest absolute Gasteiger partial charge is 0.235 e. The van der Waals surface area contributed by atoms with Gasteiger partial charge in [-0.1, -0.05) is 18.2 Å². The number of nitrogens with one attached hydrogen (secondary N) is 1. The molecule has 4 rings (SSSR count). The van der Waals surface area contributed by atoms with Crippen LogP contribution in [-0.2, 0) is 24.7 Å². The molecule has 1 amide bonds. The minimum absolute atomic E-state index is 0.0846. The van der Waals surface area contributed by atoms with Gasteiger partial charge in [0.2, 0.25) is 5.91 Å². The van der Waals surface area contributed by atoms with E-state index in [-0.39, 0.29) is 17.4 Å². The summed E-state index contributed by atoms with van der Waals surface area (Å²) < 4.78 is 34.2. The number of benzene rings is 1. The highest BCUT2D eigenvalue weighted by Gasteiger charge is 2.22. The van der Waals surface area contributed by atoms with Gasteiger partial charge in [-0.25, -0.2) is 8.78 Å².